The highest BCUT2D eigenvalue weighted by molar-refractivity contribution is 7.92. The molecule has 0 spiro atoms. The molecule has 3 aromatic carbocycles. The van der Waals surface area contributed by atoms with Gasteiger partial charge in [-0.1, -0.05) is 17.7 Å². The lowest BCUT2D eigenvalue weighted by molar-refractivity contribution is -0.123. The number of hydrogen-bond acceptors (Lipinski definition) is 7. The molecule has 0 aliphatic carbocycles. The topological polar surface area (TPSA) is 112 Å². The molecule has 3 aromatic rings. The Balaban J connectivity index is 1.57. The summed E-state index contributed by atoms with van der Waals surface area (Å²) in [7, 11) is 0.704. The molecule has 9 nitrogen and oxygen atoms in total. The maximum absolute atomic E-state index is 12.7. The van der Waals surface area contributed by atoms with E-state index in [1.807, 2.05) is 13.0 Å². The van der Waals surface area contributed by atoms with E-state index in [0.717, 1.165) is 5.56 Å². The molecule has 0 aromatic heterocycles. The van der Waals surface area contributed by atoms with Crippen LogP contribution in [-0.2, 0) is 14.8 Å². The van der Waals surface area contributed by atoms with Crippen LogP contribution in [0, 0.1) is 0 Å². The first kappa shape index (κ1) is 27.0. The van der Waals surface area contributed by atoms with Gasteiger partial charge < -0.3 is 24.3 Å². The molecule has 0 radical (unpaired) electrons. The van der Waals surface area contributed by atoms with E-state index in [0.29, 0.717) is 28.7 Å². The molecule has 0 aliphatic rings. The number of methoxy groups -OCH3 is 3. The van der Waals surface area contributed by atoms with Crippen LogP contribution in [0.3, 0.4) is 0 Å². The van der Waals surface area contributed by atoms with Crippen LogP contribution in [0.2, 0.25) is 5.02 Å². The second-order valence-corrected chi connectivity index (χ2v) is 9.71. The number of benzene rings is 3. The zero-order valence-electron chi connectivity index (χ0n) is 20.2. The minimum absolute atomic E-state index is 0.0216. The van der Waals surface area contributed by atoms with Crippen LogP contribution in [0.5, 0.6) is 23.0 Å². The largest absolute Gasteiger partial charge is 0.495 e. The first-order valence-corrected chi connectivity index (χ1v) is 12.6. The molecule has 0 fully saturated rings. The summed E-state index contributed by atoms with van der Waals surface area (Å²) in [5.41, 5.74) is 1.13. The smallest absolute Gasteiger partial charge is 0.261 e. The van der Waals surface area contributed by atoms with Crippen LogP contribution >= 0.6 is 11.6 Å². The number of sulfonamides is 1. The van der Waals surface area contributed by atoms with Crippen molar-refractivity contribution in [1.82, 2.24) is 5.32 Å². The van der Waals surface area contributed by atoms with Gasteiger partial charge in [-0.25, -0.2) is 8.42 Å². The Morgan fingerprint density at radius 2 is 1.53 bits per heavy atom. The third-order valence-corrected chi connectivity index (χ3v) is 6.89. The molecule has 0 heterocycles. The summed E-state index contributed by atoms with van der Waals surface area (Å²) in [5, 5.41) is 3.12. The number of halogens is 1. The molecule has 0 saturated carbocycles. The van der Waals surface area contributed by atoms with Crippen LogP contribution in [0.1, 0.15) is 18.5 Å². The van der Waals surface area contributed by atoms with E-state index < -0.39 is 10.0 Å². The van der Waals surface area contributed by atoms with E-state index in [4.69, 9.17) is 30.5 Å². The summed E-state index contributed by atoms with van der Waals surface area (Å²) in [6, 6.07) is 15.4. The van der Waals surface area contributed by atoms with Gasteiger partial charge in [0.2, 0.25) is 0 Å². The maximum Gasteiger partial charge on any atom is 0.261 e. The average Bonchev–Trinajstić information content (AvgIpc) is 2.87. The Labute approximate surface area is 215 Å². The van der Waals surface area contributed by atoms with Gasteiger partial charge in [0.15, 0.2) is 18.1 Å². The minimum Gasteiger partial charge on any atom is -0.495 e. The molecule has 0 aliphatic heterocycles. The fourth-order valence-corrected chi connectivity index (χ4v) is 4.60. The average molecular weight is 535 g/mol. The molecule has 11 heteroatoms. The quantitative estimate of drug-likeness (QED) is 0.374. The van der Waals surface area contributed by atoms with Crippen LogP contribution in [0.25, 0.3) is 0 Å². The van der Waals surface area contributed by atoms with Gasteiger partial charge in [-0.05, 0) is 67.1 Å². The number of rotatable bonds is 11. The number of amides is 1. The second kappa shape index (κ2) is 11.9. The normalized spacial score (nSPS) is 11.8. The van der Waals surface area contributed by atoms with Gasteiger partial charge in [0.25, 0.3) is 15.9 Å². The summed E-state index contributed by atoms with van der Waals surface area (Å²) in [6.45, 7) is 1.59. The lowest BCUT2D eigenvalue weighted by Crippen LogP contribution is -2.31. The third kappa shape index (κ3) is 6.73. The van der Waals surface area contributed by atoms with Crippen molar-refractivity contribution in [3.63, 3.8) is 0 Å². The van der Waals surface area contributed by atoms with Gasteiger partial charge in [0.1, 0.15) is 11.5 Å². The second-order valence-electron chi connectivity index (χ2n) is 7.62. The summed E-state index contributed by atoms with van der Waals surface area (Å²) >= 11 is 6.06. The number of carbonyl (C=O) groups excluding carboxylic acids is 1. The highest BCUT2D eigenvalue weighted by Gasteiger charge is 2.16. The van der Waals surface area contributed by atoms with Gasteiger partial charge >= 0.3 is 0 Å². The van der Waals surface area contributed by atoms with Crippen LogP contribution in [0.4, 0.5) is 5.69 Å². The van der Waals surface area contributed by atoms with E-state index in [-0.39, 0.29) is 28.5 Å². The Morgan fingerprint density at radius 3 is 2.14 bits per heavy atom. The first-order valence-electron chi connectivity index (χ1n) is 10.8. The van der Waals surface area contributed by atoms with Crippen molar-refractivity contribution in [2.45, 2.75) is 17.9 Å². The number of carbonyl (C=O) groups is 1. The van der Waals surface area contributed by atoms with Crippen molar-refractivity contribution in [3.05, 3.63) is 71.2 Å². The predicted octanol–water partition coefficient (Wildman–Crippen LogP) is 4.42. The van der Waals surface area contributed by atoms with E-state index in [1.165, 1.54) is 37.4 Å². The summed E-state index contributed by atoms with van der Waals surface area (Å²) in [5.74, 6) is 1.59. The SMILES string of the molecule is COc1ccc(NS(=O)(=O)c2ccc(OCC(=O)NC(C)c3ccc(OC)c(OC)c3)cc2)cc1Cl. The Kier molecular flexibility index (Phi) is 8.89. The minimum atomic E-state index is -3.86. The highest BCUT2D eigenvalue weighted by atomic mass is 35.5. The number of anilines is 1. The molecular weight excluding hydrogens is 508 g/mol. The summed E-state index contributed by atoms with van der Waals surface area (Å²) in [6.07, 6.45) is 0. The van der Waals surface area contributed by atoms with Crippen LogP contribution in [-0.4, -0.2) is 42.3 Å². The van der Waals surface area contributed by atoms with Crippen molar-refractivity contribution in [3.8, 4) is 23.0 Å². The lowest BCUT2D eigenvalue weighted by atomic mass is 10.1. The van der Waals surface area contributed by atoms with Gasteiger partial charge in [-0.3, -0.25) is 9.52 Å². The maximum atomic E-state index is 12.7. The van der Waals surface area contributed by atoms with Gasteiger partial charge in [-0.15, -0.1) is 0 Å². The van der Waals surface area contributed by atoms with Crippen molar-refractivity contribution in [2.24, 2.45) is 0 Å². The van der Waals surface area contributed by atoms with Crippen LogP contribution < -0.4 is 29.0 Å². The monoisotopic (exact) mass is 534 g/mol. The lowest BCUT2D eigenvalue weighted by Gasteiger charge is -2.17. The Bertz CT molecular complexity index is 1310. The van der Waals surface area contributed by atoms with Crippen molar-refractivity contribution in [1.29, 1.82) is 0 Å². The van der Waals surface area contributed by atoms with E-state index in [2.05, 4.69) is 10.0 Å². The molecule has 1 amide bonds. The van der Waals surface area contributed by atoms with Gasteiger partial charge in [0.05, 0.1) is 43.0 Å². The molecule has 36 heavy (non-hydrogen) atoms. The Hall–Kier alpha value is -3.63. The molecule has 2 N–H and O–H groups in total. The first-order chi connectivity index (χ1) is 17.2. The zero-order chi connectivity index (χ0) is 26.3. The molecule has 1 unspecified atom stereocenters. The van der Waals surface area contributed by atoms with Crippen molar-refractivity contribution >= 4 is 33.2 Å². The van der Waals surface area contributed by atoms with Crippen molar-refractivity contribution < 1.29 is 32.2 Å². The molecule has 0 bridgehead atoms. The van der Waals surface area contributed by atoms with Crippen LogP contribution in [0.15, 0.2) is 65.6 Å². The standard InChI is InChI=1S/C25H27ClN2O7S/c1-16(17-5-11-23(33-3)24(13-17)34-4)27-25(29)15-35-19-7-9-20(10-8-19)36(30,31)28-18-6-12-22(32-2)21(26)14-18/h5-14,16,28H,15H2,1-4H3,(H,27,29). The number of ether oxygens (including phenoxy) is 4. The number of hydrogen-bond donors (Lipinski definition) is 2. The predicted molar refractivity (Wildman–Crippen MR) is 137 cm³/mol. The molecule has 1 atom stereocenters. The highest BCUT2D eigenvalue weighted by Crippen LogP contribution is 2.30. The number of nitrogens with one attached hydrogen (secondary N) is 2. The van der Waals surface area contributed by atoms with E-state index in [9.17, 15) is 13.2 Å². The van der Waals surface area contributed by atoms with Crippen molar-refractivity contribution in [2.75, 3.05) is 32.7 Å². The zero-order valence-corrected chi connectivity index (χ0v) is 21.8. The fraction of sp³-hybridized carbons (Fsp3) is 0.240. The third-order valence-electron chi connectivity index (χ3n) is 5.19. The molecule has 3 rings (SSSR count). The Morgan fingerprint density at radius 1 is 0.889 bits per heavy atom. The van der Waals surface area contributed by atoms with Gasteiger partial charge in [-0.2, -0.15) is 0 Å². The van der Waals surface area contributed by atoms with E-state index in [1.54, 1.807) is 38.5 Å². The molecule has 192 valence electrons. The summed E-state index contributed by atoms with van der Waals surface area (Å²) in [4.78, 5) is 12.4. The van der Waals surface area contributed by atoms with Gasteiger partial charge in [0, 0.05) is 0 Å². The molecular formula is C25H27ClN2O7S. The van der Waals surface area contributed by atoms with E-state index >= 15 is 0 Å². The summed E-state index contributed by atoms with van der Waals surface area (Å²) < 4.78 is 48.9. The molecule has 0 saturated heterocycles. The fourth-order valence-electron chi connectivity index (χ4n) is 3.30.